The van der Waals surface area contributed by atoms with Gasteiger partial charge in [0.15, 0.2) is 24.1 Å². The quantitative estimate of drug-likeness (QED) is 0.120. The van der Waals surface area contributed by atoms with Crippen molar-refractivity contribution in [3.8, 4) is 17.2 Å². The maximum atomic E-state index is 13.6. The van der Waals surface area contributed by atoms with Gasteiger partial charge >= 0.3 is 0 Å². The first kappa shape index (κ1) is 34.9. The van der Waals surface area contributed by atoms with Crippen molar-refractivity contribution in [3.63, 3.8) is 0 Å². The SMILES string of the molecule is CC(=O)[C@]1(O)Cc2c(O)c3c(c(O)c2[C@@H](OC2CC(N)C(O[C@H](CC(C)O)O[C@H](C)CO)C(C)O2)C1)C(=O)c1c(O)cccc1C3=O. The Bertz CT molecular complexity index is 1560. The van der Waals surface area contributed by atoms with Gasteiger partial charge in [-0.3, -0.25) is 14.4 Å². The van der Waals surface area contributed by atoms with Crippen LogP contribution in [0.15, 0.2) is 18.2 Å². The number of ether oxygens (including phenoxy) is 4. The molecule has 0 radical (unpaired) electrons. The van der Waals surface area contributed by atoms with Crippen molar-refractivity contribution in [2.75, 3.05) is 6.61 Å². The maximum absolute atomic E-state index is 13.6. The average molecular weight is 660 g/mol. The molecule has 9 atom stereocenters. The molecule has 3 aliphatic rings. The third-order valence-corrected chi connectivity index (χ3v) is 9.04. The molecule has 2 aromatic rings. The molecular weight excluding hydrogens is 618 g/mol. The number of aromatic hydroxyl groups is 3. The van der Waals surface area contributed by atoms with E-state index >= 15 is 0 Å². The summed E-state index contributed by atoms with van der Waals surface area (Å²) in [6.07, 6.45) is -6.88. The fraction of sp³-hybridized carbons (Fsp3) is 0.545. The van der Waals surface area contributed by atoms with Crippen LogP contribution in [0.25, 0.3) is 0 Å². The summed E-state index contributed by atoms with van der Waals surface area (Å²) in [6.45, 7) is 5.76. The lowest BCUT2D eigenvalue weighted by Crippen LogP contribution is -2.55. The van der Waals surface area contributed by atoms with E-state index in [1.54, 1.807) is 20.8 Å². The summed E-state index contributed by atoms with van der Waals surface area (Å²) >= 11 is 0. The number of Topliss-reactive ketones (excluding diaryl/α,β-unsaturated/α-hetero) is 1. The van der Waals surface area contributed by atoms with Crippen LogP contribution in [0.1, 0.15) is 96.0 Å². The van der Waals surface area contributed by atoms with E-state index in [0.29, 0.717) is 0 Å². The Kier molecular flexibility index (Phi) is 9.79. The fourth-order valence-corrected chi connectivity index (χ4v) is 6.60. The number of hydrogen-bond donors (Lipinski definition) is 7. The Balaban J connectivity index is 1.48. The topological polar surface area (TPSA) is 236 Å². The van der Waals surface area contributed by atoms with Gasteiger partial charge < -0.3 is 55.3 Å². The number of carbonyl (C=O) groups is 3. The minimum absolute atomic E-state index is 0.0205. The number of fused-ring (bicyclic) bond motifs is 3. The van der Waals surface area contributed by atoms with Crippen molar-refractivity contribution in [1.82, 2.24) is 0 Å². The Labute approximate surface area is 270 Å². The van der Waals surface area contributed by atoms with E-state index in [-0.39, 0.29) is 41.7 Å². The summed E-state index contributed by atoms with van der Waals surface area (Å²) in [7, 11) is 0. The zero-order valence-corrected chi connectivity index (χ0v) is 26.5. The van der Waals surface area contributed by atoms with Gasteiger partial charge in [0.05, 0.1) is 47.7 Å². The number of phenols is 3. The molecule has 8 N–H and O–H groups in total. The standard InChI is InChI=1S/C33H41NO13/c1-13(36)8-22(44-14(2)12-35)47-32-15(3)45-23(9-19(32)34)46-21-11-33(43,16(4)37)10-18-25(21)31(42)27-26(29(18)40)28(39)17-6-5-7-20(38)24(17)30(27)41/h5-7,13-15,19,21-23,32,35-36,38,40,42-43H,8-12,34H2,1-4H3/t13?,14-,15?,19?,21+,22-,23?,32?,33+/m1/s1. The van der Waals surface area contributed by atoms with Gasteiger partial charge in [0.2, 0.25) is 5.78 Å². The van der Waals surface area contributed by atoms with E-state index in [2.05, 4.69) is 0 Å². The monoisotopic (exact) mass is 659 g/mol. The normalized spacial score (nSPS) is 29.0. The highest BCUT2D eigenvalue weighted by Gasteiger charge is 2.49. The van der Waals surface area contributed by atoms with Crippen molar-refractivity contribution in [2.45, 2.75) is 108 Å². The lowest BCUT2D eigenvalue weighted by molar-refractivity contribution is -0.285. The molecule has 0 aromatic heterocycles. The zero-order chi connectivity index (χ0) is 34.5. The highest BCUT2D eigenvalue weighted by atomic mass is 16.7. The van der Waals surface area contributed by atoms with Crippen molar-refractivity contribution in [1.29, 1.82) is 0 Å². The predicted octanol–water partition coefficient (Wildman–Crippen LogP) is 1.24. The smallest absolute Gasteiger partial charge is 0.202 e. The number of aliphatic hydroxyl groups is 3. The van der Waals surface area contributed by atoms with Gasteiger partial charge in [-0.1, -0.05) is 12.1 Å². The third-order valence-electron chi connectivity index (χ3n) is 9.04. The van der Waals surface area contributed by atoms with Crippen LogP contribution in [0.2, 0.25) is 0 Å². The lowest BCUT2D eigenvalue weighted by atomic mass is 9.72. The largest absolute Gasteiger partial charge is 0.507 e. The van der Waals surface area contributed by atoms with Crippen molar-refractivity contribution >= 4 is 17.3 Å². The maximum Gasteiger partial charge on any atom is 0.202 e. The van der Waals surface area contributed by atoms with Crippen molar-refractivity contribution in [2.24, 2.45) is 5.73 Å². The summed E-state index contributed by atoms with van der Waals surface area (Å²) in [5.74, 6) is -4.26. The van der Waals surface area contributed by atoms with Crippen molar-refractivity contribution < 1.29 is 64.0 Å². The molecule has 256 valence electrons. The van der Waals surface area contributed by atoms with Gasteiger partial charge in [0, 0.05) is 48.4 Å². The number of ketones is 3. The summed E-state index contributed by atoms with van der Waals surface area (Å²) in [5, 5.41) is 64.2. The van der Waals surface area contributed by atoms with Crippen LogP contribution < -0.4 is 5.73 Å². The molecule has 5 unspecified atom stereocenters. The fourth-order valence-electron chi connectivity index (χ4n) is 6.60. The Morgan fingerprint density at radius 1 is 1.11 bits per heavy atom. The minimum Gasteiger partial charge on any atom is -0.507 e. The number of phenolic OH excluding ortho intramolecular Hbond substituents is 3. The van der Waals surface area contributed by atoms with Crippen LogP contribution >= 0.6 is 0 Å². The number of carbonyl (C=O) groups excluding carboxylic acids is 3. The number of benzene rings is 2. The highest BCUT2D eigenvalue weighted by Crippen LogP contribution is 2.52. The van der Waals surface area contributed by atoms with Gasteiger partial charge in [-0.05, 0) is 33.8 Å². The molecule has 47 heavy (non-hydrogen) atoms. The molecule has 2 aliphatic carbocycles. The molecule has 0 saturated carbocycles. The lowest BCUT2D eigenvalue weighted by Gasteiger charge is -2.43. The summed E-state index contributed by atoms with van der Waals surface area (Å²) in [5.41, 5.74) is 2.60. The van der Waals surface area contributed by atoms with E-state index in [1.165, 1.54) is 18.2 Å². The molecule has 5 rings (SSSR count). The molecule has 1 heterocycles. The Hall–Kier alpha value is -3.47. The van der Waals surface area contributed by atoms with E-state index in [9.17, 15) is 45.0 Å². The second-order valence-electron chi connectivity index (χ2n) is 12.7. The number of aliphatic hydroxyl groups excluding tert-OH is 2. The molecule has 14 nitrogen and oxygen atoms in total. The van der Waals surface area contributed by atoms with Gasteiger partial charge in [0.25, 0.3) is 0 Å². The van der Waals surface area contributed by atoms with E-state index < -0.39 is 113 Å². The molecule has 0 bridgehead atoms. The van der Waals surface area contributed by atoms with Gasteiger partial charge in [0.1, 0.15) is 29.0 Å². The molecule has 2 aromatic carbocycles. The zero-order valence-electron chi connectivity index (χ0n) is 26.5. The summed E-state index contributed by atoms with van der Waals surface area (Å²) < 4.78 is 24.1. The first-order valence-electron chi connectivity index (χ1n) is 15.5. The van der Waals surface area contributed by atoms with E-state index in [4.69, 9.17) is 24.7 Å². The van der Waals surface area contributed by atoms with Crippen LogP contribution in [0.4, 0.5) is 0 Å². The van der Waals surface area contributed by atoms with Crippen LogP contribution in [0, 0.1) is 0 Å². The molecule has 1 saturated heterocycles. The molecule has 14 heteroatoms. The molecule has 0 amide bonds. The first-order valence-corrected chi connectivity index (χ1v) is 15.5. The summed E-state index contributed by atoms with van der Waals surface area (Å²) in [4.78, 5) is 39.8. The number of hydrogen-bond acceptors (Lipinski definition) is 14. The van der Waals surface area contributed by atoms with Crippen LogP contribution in [-0.2, 0) is 30.2 Å². The number of nitrogens with two attached hydrogens (primary N) is 1. The second-order valence-corrected chi connectivity index (χ2v) is 12.7. The highest BCUT2D eigenvalue weighted by molar-refractivity contribution is 6.31. The van der Waals surface area contributed by atoms with E-state index in [1.807, 2.05) is 0 Å². The molecule has 1 fully saturated rings. The molecular formula is C33H41NO13. The van der Waals surface area contributed by atoms with Crippen LogP contribution in [0.3, 0.4) is 0 Å². The number of rotatable bonds is 10. The van der Waals surface area contributed by atoms with Gasteiger partial charge in [-0.25, -0.2) is 0 Å². The second kappa shape index (κ2) is 13.2. The first-order chi connectivity index (χ1) is 22.1. The van der Waals surface area contributed by atoms with Crippen LogP contribution in [0.5, 0.6) is 17.2 Å². The Morgan fingerprint density at radius 2 is 1.79 bits per heavy atom. The Morgan fingerprint density at radius 3 is 2.40 bits per heavy atom. The molecule has 1 aliphatic heterocycles. The molecule has 0 spiro atoms. The summed E-state index contributed by atoms with van der Waals surface area (Å²) in [6, 6.07) is 3.17. The van der Waals surface area contributed by atoms with Gasteiger partial charge in [-0.15, -0.1) is 0 Å². The third kappa shape index (κ3) is 6.39. The predicted molar refractivity (Wildman–Crippen MR) is 162 cm³/mol. The van der Waals surface area contributed by atoms with E-state index in [0.717, 1.165) is 6.92 Å². The van der Waals surface area contributed by atoms with Gasteiger partial charge in [-0.2, -0.15) is 0 Å². The van der Waals surface area contributed by atoms with Crippen molar-refractivity contribution in [3.05, 3.63) is 51.6 Å². The average Bonchev–Trinajstić information content (AvgIpc) is 2.98. The minimum atomic E-state index is -2.07. The van der Waals surface area contributed by atoms with Crippen LogP contribution in [-0.4, -0.2) is 103 Å².